The van der Waals surface area contributed by atoms with Crippen LogP contribution in [0, 0.1) is 0 Å². The number of hydrogen-bond donors (Lipinski definition) is 2. The highest BCUT2D eigenvalue weighted by Crippen LogP contribution is 2.18. The SMILES string of the molecule is c1ccc(CNc2ccc([C@H]3COCCN3)cc2)cc1. The molecule has 0 aromatic heterocycles. The van der Waals surface area contributed by atoms with Crippen LogP contribution in [0.2, 0.25) is 0 Å². The van der Waals surface area contributed by atoms with E-state index in [4.69, 9.17) is 4.74 Å². The van der Waals surface area contributed by atoms with E-state index in [9.17, 15) is 0 Å². The normalized spacial score (nSPS) is 18.7. The van der Waals surface area contributed by atoms with Crippen LogP contribution < -0.4 is 10.6 Å². The highest BCUT2D eigenvalue weighted by Gasteiger charge is 2.14. The minimum atomic E-state index is 0.326. The number of morpholine rings is 1. The number of nitrogens with one attached hydrogen (secondary N) is 2. The predicted molar refractivity (Wildman–Crippen MR) is 81.8 cm³/mol. The largest absolute Gasteiger partial charge is 0.381 e. The lowest BCUT2D eigenvalue weighted by atomic mass is 10.1. The van der Waals surface area contributed by atoms with Crippen molar-refractivity contribution in [1.82, 2.24) is 5.32 Å². The second-order valence-corrected chi connectivity index (χ2v) is 5.04. The first-order chi connectivity index (χ1) is 9.92. The van der Waals surface area contributed by atoms with Gasteiger partial charge in [-0.1, -0.05) is 42.5 Å². The van der Waals surface area contributed by atoms with E-state index in [1.807, 2.05) is 6.07 Å². The Bertz CT molecular complexity index is 518. The van der Waals surface area contributed by atoms with Crippen molar-refractivity contribution in [3.05, 3.63) is 65.7 Å². The molecule has 2 N–H and O–H groups in total. The topological polar surface area (TPSA) is 33.3 Å². The Morgan fingerprint density at radius 1 is 1.05 bits per heavy atom. The Morgan fingerprint density at radius 2 is 1.85 bits per heavy atom. The summed E-state index contributed by atoms with van der Waals surface area (Å²) in [7, 11) is 0. The van der Waals surface area contributed by atoms with Crippen molar-refractivity contribution in [2.45, 2.75) is 12.6 Å². The van der Waals surface area contributed by atoms with Crippen LogP contribution in [-0.4, -0.2) is 19.8 Å². The summed E-state index contributed by atoms with van der Waals surface area (Å²) in [5, 5.41) is 6.91. The lowest BCUT2D eigenvalue weighted by Crippen LogP contribution is -2.34. The number of benzene rings is 2. The Kier molecular flexibility index (Phi) is 4.31. The summed E-state index contributed by atoms with van der Waals surface area (Å²) in [4.78, 5) is 0. The maximum Gasteiger partial charge on any atom is 0.0662 e. The van der Waals surface area contributed by atoms with Gasteiger partial charge in [-0.05, 0) is 23.3 Å². The van der Waals surface area contributed by atoms with Crippen LogP contribution in [-0.2, 0) is 11.3 Å². The molecule has 0 aliphatic carbocycles. The van der Waals surface area contributed by atoms with Crippen LogP contribution >= 0.6 is 0 Å². The molecule has 0 unspecified atom stereocenters. The highest BCUT2D eigenvalue weighted by molar-refractivity contribution is 5.45. The van der Waals surface area contributed by atoms with E-state index in [2.05, 4.69) is 59.2 Å². The summed E-state index contributed by atoms with van der Waals surface area (Å²) in [5.41, 5.74) is 3.73. The van der Waals surface area contributed by atoms with E-state index in [1.54, 1.807) is 0 Å². The van der Waals surface area contributed by atoms with Gasteiger partial charge in [0.1, 0.15) is 0 Å². The average Bonchev–Trinajstić information content (AvgIpc) is 2.55. The van der Waals surface area contributed by atoms with Crippen LogP contribution in [0.15, 0.2) is 54.6 Å². The van der Waals surface area contributed by atoms with Crippen molar-refractivity contribution in [1.29, 1.82) is 0 Å². The summed E-state index contributed by atoms with van der Waals surface area (Å²) < 4.78 is 5.49. The van der Waals surface area contributed by atoms with E-state index in [0.717, 1.165) is 32.0 Å². The molecule has 104 valence electrons. The Hall–Kier alpha value is -1.84. The van der Waals surface area contributed by atoms with E-state index in [1.165, 1.54) is 11.1 Å². The molecular formula is C17H20N2O. The predicted octanol–water partition coefficient (Wildman–Crippen LogP) is 2.96. The van der Waals surface area contributed by atoms with Gasteiger partial charge in [0.25, 0.3) is 0 Å². The maximum absolute atomic E-state index is 5.49. The van der Waals surface area contributed by atoms with Crippen LogP contribution in [0.25, 0.3) is 0 Å². The molecular weight excluding hydrogens is 248 g/mol. The third-order valence-corrected chi connectivity index (χ3v) is 3.57. The minimum absolute atomic E-state index is 0.326. The summed E-state index contributed by atoms with van der Waals surface area (Å²) in [5.74, 6) is 0. The van der Waals surface area contributed by atoms with Gasteiger partial charge in [0.2, 0.25) is 0 Å². The third-order valence-electron chi connectivity index (χ3n) is 3.57. The van der Waals surface area contributed by atoms with Crippen molar-refractivity contribution in [2.24, 2.45) is 0 Å². The molecule has 1 aliphatic heterocycles. The fourth-order valence-electron chi connectivity index (χ4n) is 2.41. The van der Waals surface area contributed by atoms with Crippen molar-refractivity contribution < 1.29 is 4.74 Å². The van der Waals surface area contributed by atoms with Gasteiger partial charge >= 0.3 is 0 Å². The summed E-state index contributed by atoms with van der Waals surface area (Å²) in [6.07, 6.45) is 0. The Labute approximate surface area is 120 Å². The van der Waals surface area contributed by atoms with Gasteiger partial charge in [-0.3, -0.25) is 0 Å². The number of anilines is 1. The molecule has 2 aromatic rings. The summed E-state index contributed by atoms with van der Waals surface area (Å²) >= 11 is 0. The highest BCUT2D eigenvalue weighted by atomic mass is 16.5. The van der Waals surface area contributed by atoms with Gasteiger partial charge in [-0.15, -0.1) is 0 Å². The molecule has 0 bridgehead atoms. The summed E-state index contributed by atoms with van der Waals surface area (Å²) in [6, 6.07) is 19.4. The fourth-order valence-corrected chi connectivity index (χ4v) is 2.41. The summed E-state index contributed by atoms with van der Waals surface area (Å²) in [6.45, 7) is 3.35. The van der Waals surface area contributed by atoms with Crippen molar-refractivity contribution in [3.63, 3.8) is 0 Å². The van der Waals surface area contributed by atoms with Crippen LogP contribution in [0.5, 0.6) is 0 Å². The number of rotatable bonds is 4. The molecule has 0 amide bonds. The van der Waals surface area contributed by atoms with Gasteiger partial charge in [-0.25, -0.2) is 0 Å². The molecule has 1 saturated heterocycles. The fraction of sp³-hybridized carbons (Fsp3) is 0.294. The first kappa shape index (κ1) is 13.2. The van der Waals surface area contributed by atoms with Crippen molar-refractivity contribution in [2.75, 3.05) is 25.1 Å². The zero-order chi connectivity index (χ0) is 13.6. The van der Waals surface area contributed by atoms with E-state index < -0.39 is 0 Å². The van der Waals surface area contributed by atoms with Crippen molar-refractivity contribution in [3.8, 4) is 0 Å². The lowest BCUT2D eigenvalue weighted by molar-refractivity contribution is 0.0769. The van der Waals surface area contributed by atoms with Gasteiger partial charge in [-0.2, -0.15) is 0 Å². The van der Waals surface area contributed by atoms with Gasteiger partial charge in [0.15, 0.2) is 0 Å². The van der Waals surface area contributed by atoms with E-state index in [-0.39, 0.29) is 0 Å². The van der Waals surface area contributed by atoms with Crippen molar-refractivity contribution >= 4 is 5.69 Å². The standard InChI is InChI=1S/C17H20N2O/c1-2-4-14(5-3-1)12-19-16-8-6-15(7-9-16)17-13-20-11-10-18-17/h1-9,17-19H,10-13H2/t17-/m1/s1. The van der Waals surface area contributed by atoms with Crippen LogP contribution in [0.4, 0.5) is 5.69 Å². The molecule has 2 aromatic carbocycles. The second kappa shape index (κ2) is 6.55. The quantitative estimate of drug-likeness (QED) is 0.894. The van der Waals surface area contributed by atoms with Gasteiger partial charge < -0.3 is 15.4 Å². The van der Waals surface area contributed by atoms with Gasteiger partial charge in [0.05, 0.1) is 19.3 Å². The molecule has 1 heterocycles. The van der Waals surface area contributed by atoms with Crippen LogP contribution in [0.1, 0.15) is 17.2 Å². The first-order valence-corrected chi connectivity index (χ1v) is 7.11. The first-order valence-electron chi connectivity index (χ1n) is 7.11. The molecule has 1 fully saturated rings. The molecule has 1 aliphatic rings. The van der Waals surface area contributed by atoms with E-state index in [0.29, 0.717) is 6.04 Å². The molecule has 0 radical (unpaired) electrons. The molecule has 0 spiro atoms. The smallest absolute Gasteiger partial charge is 0.0662 e. The molecule has 1 atom stereocenters. The molecule has 0 saturated carbocycles. The molecule has 3 heteroatoms. The zero-order valence-corrected chi connectivity index (χ0v) is 11.5. The lowest BCUT2D eigenvalue weighted by Gasteiger charge is -2.24. The third kappa shape index (κ3) is 3.38. The second-order valence-electron chi connectivity index (χ2n) is 5.04. The molecule has 3 rings (SSSR count). The number of hydrogen-bond acceptors (Lipinski definition) is 3. The Balaban J connectivity index is 1.58. The minimum Gasteiger partial charge on any atom is -0.381 e. The Morgan fingerprint density at radius 3 is 2.55 bits per heavy atom. The molecule has 3 nitrogen and oxygen atoms in total. The number of ether oxygens (including phenoxy) is 1. The monoisotopic (exact) mass is 268 g/mol. The maximum atomic E-state index is 5.49. The van der Waals surface area contributed by atoms with Crippen LogP contribution in [0.3, 0.4) is 0 Å². The average molecular weight is 268 g/mol. The zero-order valence-electron chi connectivity index (χ0n) is 11.5. The molecule has 20 heavy (non-hydrogen) atoms. The van der Waals surface area contributed by atoms with Gasteiger partial charge in [0, 0.05) is 18.8 Å². The van der Waals surface area contributed by atoms with E-state index >= 15 is 0 Å².